The van der Waals surface area contributed by atoms with E-state index in [2.05, 4.69) is 21.3 Å². The fourth-order valence-corrected chi connectivity index (χ4v) is 2.56. The van der Waals surface area contributed by atoms with E-state index in [1.54, 1.807) is 6.92 Å². The summed E-state index contributed by atoms with van der Waals surface area (Å²) in [5.74, 6) is -2.56. The predicted octanol–water partition coefficient (Wildman–Crippen LogP) is -1.96. The first kappa shape index (κ1) is 24.1. The van der Waals surface area contributed by atoms with Gasteiger partial charge in [-0.2, -0.15) is 0 Å². The van der Waals surface area contributed by atoms with Gasteiger partial charge < -0.3 is 21.3 Å². The lowest BCUT2D eigenvalue weighted by molar-refractivity contribution is -0.139. The molecule has 6 amide bonds. The Kier molecular flexibility index (Phi) is 10.3. The largest absolute Gasteiger partial charge is 0.355 e. The quantitative estimate of drug-likeness (QED) is 0.273. The van der Waals surface area contributed by atoms with Gasteiger partial charge in [-0.05, 0) is 12.8 Å². The number of rotatable bonds is 12. The number of hydrogen-bond donors (Lipinski definition) is 4. The topological polar surface area (TPSA) is 154 Å². The molecule has 4 N–H and O–H groups in total. The van der Waals surface area contributed by atoms with Crippen molar-refractivity contribution in [2.45, 2.75) is 39.5 Å². The van der Waals surface area contributed by atoms with Gasteiger partial charge in [0.2, 0.25) is 35.4 Å². The van der Waals surface area contributed by atoms with Crippen molar-refractivity contribution in [1.82, 2.24) is 26.2 Å². The summed E-state index contributed by atoms with van der Waals surface area (Å²) in [6.07, 6.45) is 1.35. The van der Waals surface area contributed by atoms with Gasteiger partial charge in [0.25, 0.3) is 0 Å². The Bertz CT molecular complexity index is 651. The van der Waals surface area contributed by atoms with E-state index < -0.39 is 17.7 Å². The van der Waals surface area contributed by atoms with Crippen LogP contribution in [-0.2, 0) is 28.8 Å². The maximum atomic E-state index is 11.8. The van der Waals surface area contributed by atoms with Gasteiger partial charge in [-0.1, -0.05) is 13.8 Å². The van der Waals surface area contributed by atoms with Gasteiger partial charge >= 0.3 is 0 Å². The average molecular weight is 411 g/mol. The summed E-state index contributed by atoms with van der Waals surface area (Å²) in [7, 11) is 0. The number of hydrogen-bond acceptors (Lipinski definition) is 6. The lowest BCUT2D eigenvalue weighted by Crippen LogP contribution is -2.44. The molecular formula is C18H29N5O6. The number of likely N-dealkylation sites (tertiary alicyclic amines) is 1. The second kappa shape index (κ2) is 12.5. The molecule has 0 bridgehead atoms. The second-order valence-corrected chi connectivity index (χ2v) is 6.77. The number of carbonyl (C=O) groups excluding carboxylic acids is 6. The molecule has 1 unspecified atom stereocenters. The fraction of sp³-hybridized carbons (Fsp3) is 0.667. The molecule has 0 aromatic rings. The molecule has 1 rings (SSSR count). The Morgan fingerprint density at radius 3 is 1.90 bits per heavy atom. The zero-order valence-corrected chi connectivity index (χ0v) is 16.8. The minimum absolute atomic E-state index is 0.0616. The maximum Gasteiger partial charge on any atom is 0.239 e. The van der Waals surface area contributed by atoms with Crippen LogP contribution in [-0.4, -0.2) is 73.1 Å². The summed E-state index contributed by atoms with van der Waals surface area (Å²) >= 11 is 0. The molecule has 29 heavy (non-hydrogen) atoms. The lowest BCUT2D eigenvalue weighted by Gasteiger charge is -2.13. The van der Waals surface area contributed by atoms with Crippen LogP contribution in [0.25, 0.3) is 0 Å². The predicted molar refractivity (Wildman–Crippen MR) is 102 cm³/mol. The van der Waals surface area contributed by atoms with E-state index in [1.165, 1.54) is 0 Å². The smallest absolute Gasteiger partial charge is 0.239 e. The van der Waals surface area contributed by atoms with Crippen molar-refractivity contribution < 1.29 is 28.8 Å². The van der Waals surface area contributed by atoms with Crippen LogP contribution in [0.4, 0.5) is 0 Å². The van der Waals surface area contributed by atoms with Crippen LogP contribution >= 0.6 is 0 Å². The molecule has 0 aromatic heterocycles. The van der Waals surface area contributed by atoms with Crippen molar-refractivity contribution in [1.29, 1.82) is 0 Å². The highest BCUT2D eigenvalue weighted by Gasteiger charge is 2.34. The summed E-state index contributed by atoms with van der Waals surface area (Å²) in [6, 6.07) is 0. The summed E-state index contributed by atoms with van der Waals surface area (Å²) in [5.41, 5.74) is 0. The highest BCUT2D eigenvalue weighted by atomic mass is 16.2. The molecule has 0 spiro atoms. The first-order chi connectivity index (χ1) is 13.7. The maximum absolute atomic E-state index is 11.8. The number of imide groups is 1. The third-order valence-corrected chi connectivity index (χ3v) is 4.17. The molecule has 1 saturated heterocycles. The highest BCUT2D eigenvalue weighted by molar-refractivity contribution is 6.03. The Morgan fingerprint density at radius 1 is 0.897 bits per heavy atom. The molecule has 11 nitrogen and oxygen atoms in total. The number of nitrogens with zero attached hydrogens (tertiary/aromatic N) is 1. The van der Waals surface area contributed by atoms with E-state index >= 15 is 0 Å². The van der Waals surface area contributed by atoms with E-state index in [0.29, 0.717) is 13.0 Å². The molecule has 1 atom stereocenters. The minimum atomic E-state index is -0.553. The molecule has 1 aliphatic rings. The third-order valence-electron chi connectivity index (χ3n) is 4.17. The van der Waals surface area contributed by atoms with Crippen molar-refractivity contribution in [3.63, 3.8) is 0 Å². The van der Waals surface area contributed by atoms with E-state index in [4.69, 9.17) is 0 Å². The van der Waals surface area contributed by atoms with Crippen molar-refractivity contribution in [2.24, 2.45) is 5.92 Å². The summed E-state index contributed by atoms with van der Waals surface area (Å²) in [5, 5.41) is 9.69. The molecule has 1 aliphatic heterocycles. The van der Waals surface area contributed by atoms with Gasteiger partial charge in [-0.25, -0.2) is 0 Å². The van der Waals surface area contributed by atoms with Gasteiger partial charge in [0.15, 0.2) is 0 Å². The van der Waals surface area contributed by atoms with Crippen molar-refractivity contribution in [2.75, 3.05) is 32.7 Å². The Labute approximate surface area is 169 Å². The van der Waals surface area contributed by atoms with Gasteiger partial charge in [0, 0.05) is 31.8 Å². The van der Waals surface area contributed by atoms with Gasteiger partial charge in [0.05, 0.1) is 19.6 Å². The number of carbonyl (C=O) groups is 6. The van der Waals surface area contributed by atoms with Crippen LogP contribution in [0.5, 0.6) is 0 Å². The zero-order valence-electron chi connectivity index (χ0n) is 16.8. The van der Waals surface area contributed by atoms with E-state index in [-0.39, 0.29) is 62.7 Å². The van der Waals surface area contributed by atoms with Crippen molar-refractivity contribution in [3.05, 3.63) is 0 Å². The average Bonchev–Trinajstić information content (AvgIpc) is 2.93. The van der Waals surface area contributed by atoms with Crippen LogP contribution in [0.2, 0.25) is 0 Å². The van der Waals surface area contributed by atoms with Crippen molar-refractivity contribution in [3.8, 4) is 0 Å². The molecule has 1 heterocycles. The molecule has 11 heteroatoms. The Balaban J connectivity index is 2.12. The molecule has 162 valence electrons. The summed E-state index contributed by atoms with van der Waals surface area (Å²) < 4.78 is 0. The zero-order chi connectivity index (χ0) is 21.8. The van der Waals surface area contributed by atoms with Gasteiger partial charge in [-0.3, -0.25) is 33.7 Å². The van der Waals surface area contributed by atoms with E-state index in [9.17, 15) is 28.8 Å². The van der Waals surface area contributed by atoms with Crippen LogP contribution in [0.3, 0.4) is 0 Å². The third kappa shape index (κ3) is 9.17. The molecule has 0 radical (unpaired) electrons. The molecule has 0 saturated carbocycles. The molecule has 0 aliphatic carbocycles. The van der Waals surface area contributed by atoms with Crippen LogP contribution in [0.1, 0.15) is 39.5 Å². The number of amides is 6. The highest BCUT2D eigenvalue weighted by Crippen LogP contribution is 2.18. The first-order valence-corrected chi connectivity index (χ1v) is 9.65. The lowest BCUT2D eigenvalue weighted by atomic mass is 10.1. The Hall–Kier alpha value is -2.98. The monoisotopic (exact) mass is 411 g/mol. The molecule has 1 fully saturated rings. The Morgan fingerprint density at radius 2 is 1.41 bits per heavy atom. The number of nitrogens with one attached hydrogen (secondary N) is 4. The molecule has 0 aromatic carbocycles. The molecular weight excluding hydrogens is 382 g/mol. The second-order valence-electron chi connectivity index (χ2n) is 6.77. The van der Waals surface area contributed by atoms with Crippen LogP contribution in [0.15, 0.2) is 0 Å². The SMILES string of the molecule is CCCNC(=O)CNC(=O)CNC(=O)CNC(=O)CCCN1C(=O)CC(C)C1=O. The van der Waals surface area contributed by atoms with E-state index in [0.717, 1.165) is 11.3 Å². The normalized spacial score (nSPS) is 15.8. The van der Waals surface area contributed by atoms with Crippen LogP contribution < -0.4 is 21.3 Å². The summed E-state index contributed by atoms with van der Waals surface area (Å²) in [6.45, 7) is 3.50. The minimum Gasteiger partial charge on any atom is -0.355 e. The van der Waals surface area contributed by atoms with Crippen LogP contribution in [0, 0.1) is 5.92 Å². The van der Waals surface area contributed by atoms with E-state index in [1.807, 2.05) is 6.92 Å². The fourth-order valence-electron chi connectivity index (χ4n) is 2.56. The first-order valence-electron chi connectivity index (χ1n) is 9.65. The van der Waals surface area contributed by atoms with Crippen molar-refractivity contribution >= 4 is 35.4 Å². The van der Waals surface area contributed by atoms with Gasteiger partial charge in [0.1, 0.15) is 0 Å². The van der Waals surface area contributed by atoms with Gasteiger partial charge in [-0.15, -0.1) is 0 Å². The standard InChI is InChI=1S/C18H29N5O6/c1-3-6-19-14(25)9-21-16(27)11-22-15(26)10-20-13(24)5-4-7-23-17(28)8-12(2)18(23)29/h12H,3-11H2,1-2H3,(H,19,25)(H,20,24)(H,21,27)(H,22,26). The summed E-state index contributed by atoms with van der Waals surface area (Å²) in [4.78, 5) is 70.9.